The van der Waals surface area contributed by atoms with E-state index in [4.69, 9.17) is 0 Å². The molecule has 4 rings (SSSR count). The van der Waals surface area contributed by atoms with Crippen LogP contribution in [0.2, 0.25) is 0 Å². The molecule has 2 amide bonds. The van der Waals surface area contributed by atoms with Crippen LogP contribution in [0, 0.1) is 5.92 Å². The number of nitrogens with zero attached hydrogens (tertiary/aromatic N) is 1. The number of anilines is 1. The summed E-state index contributed by atoms with van der Waals surface area (Å²) in [5.74, 6) is 0.455. The molecule has 0 bridgehead atoms. The first-order valence-corrected chi connectivity index (χ1v) is 8.08. The number of nitrogens with one attached hydrogen (secondary N) is 2. The predicted molar refractivity (Wildman–Crippen MR) is 83.8 cm³/mol. The van der Waals surface area contributed by atoms with Crippen molar-refractivity contribution in [3.05, 3.63) is 29.3 Å². The topological polar surface area (TPSA) is 61.4 Å². The van der Waals surface area contributed by atoms with Gasteiger partial charge in [-0.05, 0) is 42.5 Å². The fraction of sp³-hybridized carbons (Fsp3) is 0.529. The Hall–Kier alpha value is -1.88. The van der Waals surface area contributed by atoms with Crippen LogP contribution in [-0.4, -0.2) is 41.9 Å². The van der Waals surface area contributed by atoms with E-state index < -0.39 is 0 Å². The van der Waals surface area contributed by atoms with Crippen LogP contribution in [0.4, 0.5) is 5.69 Å². The van der Waals surface area contributed by atoms with E-state index in [9.17, 15) is 9.59 Å². The molecule has 116 valence electrons. The summed E-state index contributed by atoms with van der Waals surface area (Å²) in [5.41, 5.74) is 2.39. The van der Waals surface area contributed by atoms with Crippen molar-refractivity contribution in [3.63, 3.8) is 0 Å². The molecule has 2 fully saturated rings. The van der Waals surface area contributed by atoms with Crippen LogP contribution in [-0.2, 0) is 11.2 Å². The van der Waals surface area contributed by atoms with Crippen molar-refractivity contribution < 1.29 is 9.59 Å². The third kappa shape index (κ3) is 2.50. The van der Waals surface area contributed by atoms with E-state index in [2.05, 4.69) is 22.5 Å². The van der Waals surface area contributed by atoms with Gasteiger partial charge in [-0.1, -0.05) is 6.92 Å². The van der Waals surface area contributed by atoms with Crippen molar-refractivity contribution in [2.75, 3.05) is 18.4 Å². The van der Waals surface area contributed by atoms with Gasteiger partial charge < -0.3 is 10.6 Å². The molecule has 0 unspecified atom stereocenters. The maximum absolute atomic E-state index is 12.5. The minimum absolute atomic E-state index is 0.00273. The Balaban J connectivity index is 1.44. The van der Waals surface area contributed by atoms with E-state index in [-0.39, 0.29) is 17.9 Å². The Morgan fingerprint density at radius 2 is 2.14 bits per heavy atom. The van der Waals surface area contributed by atoms with Crippen molar-refractivity contribution in [3.8, 4) is 0 Å². The fourth-order valence-electron chi connectivity index (χ4n) is 3.55. The Bertz CT molecular complexity index is 639. The number of hydrogen-bond donors (Lipinski definition) is 2. The van der Waals surface area contributed by atoms with Gasteiger partial charge >= 0.3 is 0 Å². The summed E-state index contributed by atoms with van der Waals surface area (Å²) < 4.78 is 0. The lowest BCUT2D eigenvalue weighted by Gasteiger charge is -2.17. The van der Waals surface area contributed by atoms with E-state index in [0.717, 1.165) is 30.4 Å². The molecule has 2 aliphatic heterocycles. The molecule has 0 spiro atoms. The number of carbonyl (C=O) groups excluding carboxylic acids is 2. The van der Waals surface area contributed by atoms with Gasteiger partial charge in [-0.15, -0.1) is 0 Å². The maximum atomic E-state index is 12.5. The van der Waals surface area contributed by atoms with Gasteiger partial charge in [0.2, 0.25) is 5.91 Å². The Morgan fingerprint density at radius 3 is 2.91 bits per heavy atom. The SMILES string of the molecule is C[C@H]1CN(C2CC2)C[C@@H]1NC(=O)c1ccc2c(c1)CC(=O)N2. The number of likely N-dealkylation sites (tertiary alicyclic amines) is 1. The first kappa shape index (κ1) is 13.8. The molecule has 0 aromatic heterocycles. The molecule has 5 heteroatoms. The normalized spacial score (nSPS) is 27.6. The minimum Gasteiger partial charge on any atom is -0.348 e. The zero-order valence-corrected chi connectivity index (χ0v) is 12.8. The summed E-state index contributed by atoms with van der Waals surface area (Å²) in [7, 11) is 0. The van der Waals surface area contributed by atoms with E-state index in [1.807, 2.05) is 12.1 Å². The van der Waals surface area contributed by atoms with Gasteiger partial charge in [0.15, 0.2) is 0 Å². The third-order valence-corrected chi connectivity index (χ3v) is 5.01. The predicted octanol–water partition coefficient (Wildman–Crippen LogP) is 1.39. The number of amides is 2. The lowest BCUT2D eigenvalue weighted by atomic mass is 10.0. The van der Waals surface area contributed by atoms with Crippen LogP contribution in [0.1, 0.15) is 35.7 Å². The number of benzene rings is 1. The summed E-state index contributed by atoms with van der Waals surface area (Å²) in [6.07, 6.45) is 2.98. The van der Waals surface area contributed by atoms with Crippen LogP contribution < -0.4 is 10.6 Å². The molecule has 1 aromatic rings. The average Bonchev–Trinajstić information content (AvgIpc) is 3.17. The minimum atomic E-state index is -0.0309. The molecule has 2 atom stereocenters. The molecule has 1 aromatic carbocycles. The van der Waals surface area contributed by atoms with Gasteiger partial charge in [-0.2, -0.15) is 0 Å². The van der Waals surface area contributed by atoms with Crippen LogP contribution in [0.25, 0.3) is 0 Å². The molecule has 22 heavy (non-hydrogen) atoms. The first-order valence-electron chi connectivity index (χ1n) is 8.08. The van der Waals surface area contributed by atoms with Gasteiger partial charge in [0.05, 0.1) is 6.42 Å². The second-order valence-electron chi connectivity index (χ2n) is 6.84. The van der Waals surface area contributed by atoms with Gasteiger partial charge in [-0.3, -0.25) is 14.5 Å². The van der Waals surface area contributed by atoms with E-state index in [0.29, 0.717) is 17.9 Å². The van der Waals surface area contributed by atoms with E-state index >= 15 is 0 Å². The summed E-state index contributed by atoms with van der Waals surface area (Å²) in [4.78, 5) is 26.4. The molecular weight excluding hydrogens is 278 g/mol. The van der Waals surface area contributed by atoms with Gasteiger partial charge in [-0.25, -0.2) is 0 Å². The molecule has 2 heterocycles. The quantitative estimate of drug-likeness (QED) is 0.887. The fourth-order valence-corrected chi connectivity index (χ4v) is 3.55. The number of rotatable bonds is 3. The second kappa shape index (κ2) is 5.09. The van der Waals surface area contributed by atoms with Crippen molar-refractivity contribution >= 4 is 17.5 Å². The van der Waals surface area contributed by atoms with Crippen LogP contribution in [0.5, 0.6) is 0 Å². The van der Waals surface area contributed by atoms with Gasteiger partial charge in [0.25, 0.3) is 5.91 Å². The van der Waals surface area contributed by atoms with E-state index in [1.165, 1.54) is 12.8 Å². The zero-order valence-electron chi connectivity index (χ0n) is 12.8. The van der Waals surface area contributed by atoms with Crippen LogP contribution in [0.15, 0.2) is 18.2 Å². The van der Waals surface area contributed by atoms with Crippen molar-refractivity contribution in [1.29, 1.82) is 0 Å². The zero-order chi connectivity index (χ0) is 15.3. The summed E-state index contributed by atoms with van der Waals surface area (Å²) in [5, 5.41) is 5.97. The molecule has 5 nitrogen and oxygen atoms in total. The molecule has 1 saturated heterocycles. The van der Waals surface area contributed by atoms with Crippen molar-refractivity contribution in [2.45, 2.75) is 38.3 Å². The molecule has 1 aliphatic carbocycles. The monoisotopic (exact) mass is 299 g/mol. The number of carbonyl (C=O) groups is 2. The highest BCUT2D eigenvalue weighted by Crippen LogP contribution is 2.32. The first-order chi connectivity index (χ1) is 10.6. The molecule has 1 saturated carbocycles. The standard InChI is InChI=1S/C17H21N3O2/c1-10-8-20(13-3-4-13)9-15(10)19-17(22)11-2-5-14-12(6-11)7-16(21)18-14/h2,5-6,10,13,15H,3-4,7-9H2,1H3,(H,18,21)(H,19,22)/t10-,15-/m0/s1. The molecule has 0 radical (unpaired) electrons. The van der Waals surface area contributed by atoms with Crippen LogP contribution >= 0.6 is 0 Å². The average molecular weight is 299 g/mol. The van der Waals surface area contributed by atoms with Crippen molar-refractivity contribution in [1.82, 2.24) is 10.2 Å². The maximum Gasteiger partial charge on any atom is 0.251 e. The second-order valence-corrected chi connectivity index (χ2v) is 6.84. The summed E-state index contributed by atoms with van der Waals surface area (Å²) in [6.45, 7) is 4.25. The Labute approximate surface area is 130 Å². The van der Waals surface area contributed by atoms with Gasteiger partial charge in [0.1, 0.15) is 0 Å². The molecular formula is C17H21N3O2. The van der Waals surface area contributed by atoms with Crippen molar-refractivity contribution in [2.24, 2.45) is 5.92 Å². The largest absolute Gasteiger partial charge is 0.348 e. The third-order valence-electron chi connectivity index (χ3n) is 5.01. The van der Waals surface area contributed by atoms with E-state index in [1.54, 1.807) is 6.07 Å². The Morgan fingerprint density at radius 1 is 1.32 bits per heavy atom. The molecule has 3 aliphatic rings. The highest BCUT2D eigenvalue weighted by atomic mass is 16.2. The summed E-state index contributed by atoms with van der Waals surface area (Å²) >= 11 is 0. The number of hydrogen-bond acceptors (Lipinski definition) is 3. The lowest BCUT2D eigenvalue weighted by molar-refractivity contribution is -0.115. The lowest BCUT2D eigenvalue weighted by Crippen LogP contribution is -2.40. The van der Waals surface area contributed by atoms with Crippen LogP contribution in [0.3, 0.4) is 0 Å². The number of fused-ring (bicyclic) bond motifs is 1. The highest BCUT2D eigenvalue weighted by Gasteiger charge is 2.38. The smallest absolute Gasteiger partial charge is 0.251 e. The Kier molecular flexibility index (Phi) is 3.18. The summed E-state index contributed by atoms with van der Waals surface area (Å²) in [6, 6.07) is 6.42. The van der Waals surface area contributed by atoms with Gasteiger partial charge in [0, 0.05) is 36.4 Å². The molecule has 2 N–H and O–H groups in total. The highest BCUT2D eigenvalue weighted by molar-refractivity contribution is 6.01.